The van der Waals surface area contributed by atoms with Gasteiger partial charge in [-0.3, -0.25) is 0 Å². The van der Waals surface area contributed by atoms with E-state index in [1.807, 2.05) is 0 Å². The largest absolute Gasteiger partial charge is 0.162 e. The second-order valence-corrected chi connectivity index (χ2v) is 6.66. The molecule has 0 bridgehead atoms. The molecule has 78 valence electrons. The lowest BCUT2D eigenvalue weighted by molar-refractivity contribution is 0.247. The Morgan fingerprint density at radius 1 is 1.15 bits per heavy atom. The third kappa shape index (κ3) is 3.93. The lowest BCUT2D eigenvalue weighted by Gasteiger charge is -2.34. The maximum absolute atomic E-state index is 2.37. The molecule has 2 unspecified atom stereocenters. The molecule has 13 heavy (non-hydrogen) atoms. The van der Waals surface area contributed by atoms with E-state index in [-0.39, 0.29) is 0 Å². The second kappa shape index (κ2) is 4.72. The highest BCUT2D eigenvalue weighted by atomic mass is 32.2. The van der Waals surface area contributed by atoms with Crippen LogP contribution < -0.4 is 0 Å². The van der Waals surface area contributed by atoms with Gasteiger partial charge in [0.05, 0.1) is 0 Å². The van der Waals surface area contributed by atoms with Gasteiger partial charge in [-0.05, 0) is 36.9 Å². The SMILES string of the molecule is CSC1CCCCC1CC(C)(C)C. The molecule has 0 saturated heterocycles. The van der Waals surface area contributed by atoms with E-state index in [0.29, 0.717) is 5.41 Å². The van der Waals surface area contributed by atoms with Gasteiger partial charge in [-0.2, -0.15) is 11.8 Å². The van der Waals surface area contributed by atoms with Gasteiger partial charge < -0.3 is 0 Å². The molecule has 1 aliphatic rings. The van der Waals surface area contributed by atoms with Crippen molar-refractivity contribution in [1.82, 2.24) is 0 Å². The average Bonchev–Trinajstić information content (AvgIpc) is 2.02. The average molecular weight is 200 g/mol. The van der Waals surface area contributed by atoms with Gasteiger partial charge in [0, 0.05) is 5.25 Å². The molecule has 0 heterocycles. The molecule has 0 aromatic rings. The van der Waals surface area contributed by atoms with E-state index >= 15 is 0 Å². The van der Waals surface area contributed by atoms with E-state index in [0.717, 1.165) is 11.2 Å². The van der Waals surface area contributed by atoms with Gasteiger partial charge in [-0.1, -0.05) is 33.6 Å². The zero-order valence-electron chi connectivity index (χ0n) is 9.60. The van der Waals surface area contributed by atoms with Crippen molar-refractivity contribution in [2.24, 2.45) is 11.3 Å². The maximum atomic E-state index is 2.37. The molecule has 1 fully saturated rings. The van der Waals surface area contributed by atoms with Gasteiger partial charge >= 0.3 is 0 Å². The standard InChI is InChI=1S/C12H24S/c1-12(2,3)9-10-7-5-6-8-11(10)13-4/h10-11H,5-9H2,1-4H3. The Bertz CT molecular complexity index is 146. The van der Waals surface area contributed by atoms with Crippen LogP contribution in [0, 0.1) is 11.3 Å². The molecule has 0 aliphatic heterocycles. The first-order valence-corrected chi connectivity index (χ1v) is 6.84. The summed E-state index contributed by atoms with van der Waals surface area (Å²) in [5.41, 5.74) is 0.524. The van der Waals surface area contributed by atoms with E-state index in [4.69, 9.17) is 0 Å². The Balaban J connectivity index is 2.45. The highest BCUT2D eigenvalue weighted by Gasteiger charge is 2.27. The molecule has 0 N–H and O–H groups in total. The lowest BCUT2D eigenvalue weighted by atomic mass is 9.77. The van der Waals surface area contributed by atoms with Crippen LogP contribution in [0.1, 0.15) is 52.9 Å². The van der Waals surface area contributed by atoms with Crippen molar-refractivity contribution in [2.45, 2.75) is 58.1 Å². The quantitative estimate of drug-likeness (QED) is 0.639. The van der Waals surface area contributed by atoms with E-state index in [1.165, 1.54) is 32.1 Å². The van der Waals surface area contributed by atoms with E-state index in [1.54, 1.807) is 0 Å². The monoisotopic (exact) mass is 200 g/mol. The van der Waals surface area contributed by atoms with Crippen LogP contribution in [0.2, 0.25) is 0 Å². The highest BCUT2D eigenvalue weighted by molar-refractivity contribution is 7.99. The van der Waals surface area contributed by atoms with Crippen molar-refractivity contribution in [1.29, 1.82) is 0 Å². The van der Waals surface area contributed by atoms with Gasteiger partial charge in [-0.15, -0.1) is 0 Å². The highest BCUT2D eigenvalue weighted by Crippen LogP contribution is 2.38. The van der Waals surface area contributed by atoms with Crippen molar-refractivity contribution < 1.29 is 0 Å². The summed E-state index contributed by atoms with van der Waals surface area (Å²) in [6.45, 7) is 7.12. The van der Waals surface area contributed by atoms with Gasteiger partial charge in [0.25, 0.3) is 0 Å². The first kappa shape index (κ1) is 11.4. The van der Waals surface area contributed by atoms with E-state index < -0.39 is 0 Å². The van der Waals surface area contributed by atoms with Crippen LogP contribution in [0.15, 0.2) is 0 Å². The molecule has 0 aromatic heterocycles. The Kier molecular flexibility index (Phi) is 4.15. The predicted octanol–water partition coefficient (Wildman–Crippen LogP) is 4.34. The smallest absolute Gasteiger partial charge is 0.00727 e. The first-order valence-electron chi connectivity index (χ1n) is 5.56. The van der Waals surface area contributed by atoms with Crippen molar-refractivity contribution in [3.8, 4) is 0 Å². The Morgan fingerprint density at radius 2 is 1.77 bits per heavy atom. The number of rotatable bonds is 2. The minimum Gasteiger partial charge on any atom is -0.162 e. The zero-order valence-corrected chi connectivity index (χ0v) is 10.4. The molecule has 0 amide bonds. The summed E-state index contributed by atoms with van der Waals surface area (Å²) in [5.74, 6) is 0.990. The molecular weight excluding hydrogens is 176 g/mol. The second-order valence-electron chi connectivity index (χ2n) is 5.58. The summed E-state index contributed by atoms with van der Waals surface area (Å²) in [6.07, 6.45) is 9.57. The third-order valence-corrected chi connectivity index (χ3v) is 4.24. The Labute approximate surface area is 87.9 Å². The van der Waals surface area contributed by atoms with E-state index in [9.17, 15) is 0 Å². The van der Waals surface area contributed by atoms with Crippen LogP contribution in [-0.2, 0) is 0 Å². The van der Waals surface area contributed by atoms with Crippen molar-refractivity contribution in [3.05, 3.63) is 0 Å². The van der Waals surface area contributed by atoms with Crippen LogP contribution >= 0.6 is 11.8 Å². The molecule has 1 heteroatoms. The molecular formula is C12H24S. The van der Waals surface area contributed by atoms with Gasteiger partial charge in [-0.25, -0.2) is 0 Å². The molecule has 1 rings (SSSR count). The summed E-state index contributed by atoms with van der Waals surface area (Å²) in [4.78, 5) is 0. The van der Waals surface area contributed by atoms with Crippen molar-refractivity contribution >= 4 is 11.8 Å². The van der Waals surface area contributed by atoms with Crippen LogP contribution in [-0.4, -0.2) is 11.5 Å². The molecule has 1 saturated carbocycles. The number of thioether (sulfide) groups is 1. The molecule has 1 aliphatic carbocycles. The van der Waals surface area contributed by atoms with Crippen molar-refractivity contribution in [2.75, 3.05) is 6.26 Å². The topological polar surface area (TPSA) is 0 Å². The summed E-state index contributed by atoms with van der Waals surface area (Å²) in [6, 6.07) is 0. The van der Waals surface area contributed by atoms with Crippen LogP contribution in [0.4, 0.5) is 0 Å². The van der Waals surface area contributed by atoms with Crippen LogP contribution in [0.3, 0.4) is 0 Å². The van der Waals surface area contributed by atoms with Gasteiger partial charge in [0.1, 0.15) is 0 Å². The molecule has 2 atom stereocenters. The summed E-state index contributed by atoms with van der Waals surface area (Å²) < 4.78 is 0. The fraction of sp³-hybridized carbons (Fsp3) is 1.00. The normalized spacial score (nSPS) is 30.5. The fourth-order valence-electron chi connectivity index (χ4n) is 2.50. The van der Waals surface area contributed by atoms with Crippen LogP contribution in [0.5, 0.6) is 0 Å². The predicted molar refractivity (Wildman–Crippen MR) is 63.3 cm³/mol. The summed E-state index contributed by atoms with van der Waals surface area (Å²) in [7, 11) is 0. The zero-order chi connectivity index (χ0) is 9.90. The number of hydrogen-bond donors (Lipinski definition) is 0. The Hall–Kier alpha value is 0.350. The molecule has 0 aromatic carbocycles. The van der Waals surface area contributed by atoms with Crippen LogP contribution in [0.25, 0.3) is 0 Å². The molecule has 0 spiro atoms. The minimum atomic E-state index is 0.524. The minimum absolute atomic E-state index is 0.524. The summed E-state index contributed by atoms with van der Waals surface area (Å²) >= 11 is 2.09. The first-order chi connectivity index (χ1) is 6.03. The molecule has 0 nitrogen and oxygen atoms in total. The third-order valence-electron chi connectivity index (χ3n) is 3.02. The summed E-state index contributed by atoms with van der Waals surface area (Å²) in [5, 5.41) is 0.952. The number of hydrogen-bond acceptors (Lipinski definition) is 1. The Morgan fingerprint density at radius 3 is 2.31 bits per heavy atom. The van der Waals surface area contributed by atoms with E-state index in [2.05, 4.69) is 38.8 Å². The maximum Gasteiger partial charge on any atom is 0.00727 e. The van der Waals surface area contributed by atoms with Gasteiger partial charge in [0.2, 0.25) is 0 Å². The lowest BCUT2D eigenvalue weighted by Crippen LogP contribution is -2.26. The molecule has 0 radical (unpaired) electrons. The van der Waals surface area contributed by atoms with Gasteiger partial charge in [0.15, 0.2) is 0 Å². The fourth-order valence-corrected chi connectivity index (χ4v) is 3.52. The van der Waals surface area contributed by atoms with Crippen molar-refractivity contribution in [3.63, 3.8) is 0 Å².